The SMILES string of the molecule is CNC(=O)C(CCC=O)N(C)C(=O)c1cc(OCCOCCOCCOCCOCCOc2ncc(-c3ccc4c5cnccc5n(C)c4c3)cc2F)ccc1C=O. The summed E-state index contributed by atoms with van der Waals surface area (Å²) in [4.78, 5) is 57.7. The van der Waals surface area contributed by atoms with Crippen molar-refractivity contribution >= 4 is 46.2 Å². The number of amides is 2. The van der Waals surface area contributed by atoms with Gasteiger partial charge in [0.25, 0.3) is 5.91 Å². The normalized spacial score (nSPS) is 11.7. The summed E-state index contributed by atoms with van der Waals surface area (Å²) < 4.78 is 50.2. The van der Waals surface area contributed by atoms with Crippen LogP contribution in [0.3, 0.4) is 0 Å². The van der Waals surface area contributed by atoms with Crippen LogP contribution in [-0.4, -0.2) is 130 Å². The lowest BCUT2D eigenvalue weighted by Crippen LogP contribution is -2.47. The van der Waals surface area contributed by atoms with Crippen LogP contribution in [0.15, 0.2) is 67.1 Å². The van der Waals surface area contributed by atoms with Gasteiger partial charge in [0.05, 0.1) is 63.9 Å². The summed E-state index contributed by atoms with van der Waals surface area (Å²) >= 11 is 0. The van der Waals surface area contributed by atoms with Gasteiger partial charge < -0.3 is 48.0 Å². The molecule has 0 aliphatic heterocycles. The summed E-state index contributed by atoms with van der Waals surface area (Å²) in [6.07, 6.45) is 6.68. The fourth-order valence-electron chi connectivity index (χ4n) is 6.24. The summed E-state index contributed by atoms with van der Waals surface area (Å²) in [5.41, 5.74) is 3.79. The molecule has 5 aromatic rings. The third-order valence-electron chi connectivity index (χ3n) is 9.31. The van der Waals surface area contributed by atoms with Crippen molar-refractivity contribution in [2.75, 3.05) is 80.2 Å². The number of nitrogens with one attached hydrogen (secondary N) is 1. The van der Waals surface area contributed by atoms with Crippen molar-refractivity contribution in [2.45, 2.75) is 18.9 Å². The first-order valence-corrected chi connectivity index (χ1v) is 18.8. The third kappa shape index (κ3) is 11.4. The van der Waals surface area contributed by atoms with Crippen molar-refractivity contribution in [3.63, 3.8) is 0 Å². The summed E-state index contributed by atoms with van der Waals surface area (Å²) in [5, 5.41) is 4.64. The fourth-order valence-corrected chi connectivity index (χ4v) is 6.24. The quantitative estimate of drug-likeness (QED) is 0.0652. The van der Waals surface area contributed by atoms with E-state index >= 15 is 0 Å². The van der Waals surface area contributed by atoms with E-state index in [9.17, 15) is 23.6 Å². The van der Waals surface area contributed by atoms with E-state index in [4.69, 9.17) is 28.4 Å². The average Bonchev–Trinajstić information content (AvgIpc) is 3.53. The smallest absolute Gasteiger partial charge is 0.255 e. The molecule has 0 saturated heterocycles. The molecule has 1 unspecified atom stereocenters. The maximum absolute atomic E-state index is 14.9. The second kappa shape index (κ2) is 22.2. The van der Waals surface area contributed by atoms with Gasteiger partial charge in [0.2, 0.25) is 11.8 Å². The number of aromatic nitrogens is 3. The summed E-state index contributed by atoms with van der Waals surface area (Å²) in [6, 6.07) is 13.0. The van der Waals surface area contributed by atoms with E-state index in [2.05, 4.69) is 19.9 Å². The topological polar surface area (TPSA) is 170 Å². The highest BCUT2D eigenvalue weighted by Gasteiger charge is 2.28. The molecule has 1 atom stereocenters. The van der Waals surface area contributed by atoms with Gasteiger partial charge in [-0.05, 0) is 48.4 Å². The van der Waals surface area contributed by atoms with Gasteiger partial charge in [-0.1, -0.05) is 12.1 Å². The van der Waals surface area contributed by atoms with Crippen LogP contribution in [0.1, 0.15) is 33.6 Å². The molecular formula is C42H48FN5O10. The summed E-state index contributed by atoms with van der Waals surface area (Å²) in [7, 11) is 4.88. The molecule has 0 fully saturated rings. The van der Waals surface area contributed by atoms with Crippen molar-refractivity contribution in [3.8, 4) is 22.8 Å². The molecule has 5 rings (SSSR count). The lowest BCUT2D eigenvalue weighted by Gasteiger charge is -2.27. The van der Waals surface area contributed by atoms with Crippen LogP contribution in [0, 0.1) is 5.82 Å². The third-order valence-corrected chi connectivity index (χ3v) is 9.31. The number of likely N-dealkylation sites (N-methyl/N-ethyl adjacent to an activating group) is 2. The number of halogens is 1. The maximum Gasteiger partial charge on any atom is 0.255 e. The Bertz CT molecular complexity index is 2160. The molecule has 0 aliphatic rings. The molecule has 0 spiro atoms. The number of aldehydes is 2. The van der Waals surface area contributed by atoms with E-state index in [0.29, 0.717) is 63.5 Å². The van der Waals surface area contributed by atoms with Crippen LogP contribution in [0.5, 0.6) is 11.6 Å². The van der Waals surface area contributed by atoms with E-state index in [1.54, 1.807) is 18.5 Å². The van der Waals surface area contributed by atoms with E-state index in [1.165, 1.54) is 37.2 Å². The Balaban J connectivity index is 0.894. The van der Waals surface area contributed by atoms with Gasteiger partial charge in [-0.3, -0.25) is 19.4 Å². The van der Waals surface area contributed by atoms with E-state index < -0.39 is 23.7 Å². The molecule has 0 saturated carbocycles. The molecule has 3 heterocycles. The monoisotopic (exact) mass is 801 g/mol. The molecule has 2 amide bonds. The van der Waals surface area contributed by atoms with Crippen LogP contribution in [0.2, 0.25) is 0 Å². The molecule has 0 aliphatic carbocycles. The van der Waals surface area contributed by atoms with Gasteiger partial charge in [0.15, 0.2) is 12.1 Å². The Kier molecular flexibility index (Phi) is 16.6. The van der Waals surface area contributed by atoms with Crippen LogP contribution in [0.4, 0.5) is 4.39 Å². The number of hydrogen-bond donors (Lipinski definition) is 1. The Morgan fingerprint density at radius 3 is 2.12 bits per heavy atom. The minimum absolute atomic E-state index is 0.0737. The first kappa shape index (κ1) is 43.3. The molecular weight excluding hydrogens is 753 g/mol. The molecule has 0 radical (unpaired) electrons. The Morgan fingerprint density at radius 1 is 0.810 bits per heavy atom. The number of aryl methyl sites for hydroxylation is 1. The van der Waals surface area contributed by atoms with Crippen LogP contribution >= 0.6 is 0 Å². The maximum atomic E-state index is 14.9. The van der Waals surface area contributed by atoms with Crippen LogP contribution < -0.4 is 14.8 Å². The van der Waals surface area contributed by atoms with Crippen molar-refractivity contribution < 1.29 is 52.0 Å². The zero-order valence-electron chi connectivity index (χ0n) is 32.8. The highest BCUT2D eigenvalue weighted by molar-refractivity contribution is 6.08. The Labute approximate surface area is 335 Å². The van der Waals surface area contributed by atoms with E-state index in [-0.39, 0.29) is 56.3 Å². The largest absolute Gasteiger partial charge is 0.491 e. The highest BCUT2D eigenvalue weighted by Crippen LogP contribution is 2.32. The molecule has 308 valence electrons. The molecule has 1 N–H and O–H groups in total. The van der Waals surface area contributed by atoms with E-state index in [0.717, 1.165) is 27.4 Å². The minimum Gasteiger partial charge on any atom is -0.491 e. The molecule has 2 aromatic carbocycles. The number of nitrogens with zero attached hydrogens (tertiary/aromatic N) is 4. The van der Waals surface area contributed by atoms with Gasteiger partial charge >= 0.3 is 0 Å². The molecule has 15 nitrogen and oxygen atoms in total. The van der Waals surface area contributed by atoms with Crippen LogP contribution in [0.25, 0.3) is 32.9 Å². The number of carbonyl (C=O) groups excluding carboxylic acids is 4. The number of carbonyl (C=O) groups is 4. The van der Waals surface area contributed by atoms with Gasteiger partial charge in [0.1, 0.15) is 31.3 Å². The number of hydrogen-bond acceptors (Lipinski definition) is 12. The van der Waals surface area contributed by atoms with Crippen molar-refractivity contribution in [2.24, 2.45) is 7.05 Å². The number of ether oxygens (including phenoxy) is 6. The van der Waals surface area contributed by atoms with Gasteiger partial charge in [-0.15, -0.1) is 0 Å². The zero-order chi connectivity index (χ0) is 41.3. The minimum atomic E-state index is -0.883. The zero-order valence-corrected chi connectivity index (χ0v) is 32.8. The van der Waals surface area contributed by atoms with Crippen LogP contribution in [-0.2, 0) is 35.6 Å². The predicted molar refractivity (Wildman–Crippen MR) is 213 cm³/mol. The van der Waals surface area contributed by atoms with Crippen molar-refractivity contribution in [3.05, 3.63) is 84.1 Å². The molecule has 3 aromatic heterocycles. The van der Waals surface area contributed by atoms with Crippen molar-refractivity contribution in [1.82, 2.24) is 24.8 Å². The molecule has 0 bridgehead atoms. The fraction of sp³-hybridized carbons (Fsp3) is 0.381. The number of rotatable bonds is 25. The lowest BCUT2D eigenvalue weighted by molar-refractivity contribution is -0.125. The Hall–Kier alpha value is -5.81. The van der Waals surface area contributed by atoms with Gasteiger partial charge in [-0.25, -0.2) is 9.37 Å². The van der Waals surface area contributed by atoms with Gasteiger partial charge in [0, 0.05) is 73.6 Å². The molecule has 16 heteroatoms. The summed E-state index contributed by atoms with van der Waals surface area (Å²) in [5.74, 6) is -1.27. The number of benzene rings is 2. The Morgan fingerprint density at radius 2 is 1.48 bits per heavy atom. The second-order valence-corrected chi connectivity index (χ2v) is 13.0. The van der Waals surface area contributed by atoms with Gasteiger partial charge in [-0.2, -0.15) is 0 Å². The standard InChI is InChI=1S/C42H48FN5O10/c1-44-40(51)38(5-4-12-49)48(3)42(52)34-25-32(8-6-30(34)28-50)57-21-19-55-17-15-53-13-14-54-16-18-56-20-22-58-41-36(43)23-31(26-46-41)29-7-9-33-35-27-45-11-10-37(35)47(2)39(33)24-29/h6-12,23-28,38H,4-5,13-22H2,1-3H3,(H,44,51). The molecule has 58 heavy (non-hydrogen) atoms. The average molecular weight is 802 g/mol. The highest BCUT2D eigenvalue weighted by atomic mass is 19.1. The van der Waals surface area contributed by atoms with Crippen molar-refractivity contribution in [1.29, 1.82) is 0 Å². The first-order chi connectivity index (χ1) is 28.3. The predicted octanol–water partition coefficient (Wildman–Crippen LogP) is 4.43. The summed E-state index contributed by atoms with van der Waals surface area (Å²) in [6.45, 7) is 2.87. The lowest BCUT2D eigenvalue weighted by atomic mass is 10.0. The van der Waals surface area contributed by atoms with E-state index in [1.807, 2.05) is 37.5 Å². The first-order valence-electron chi connectivity index (χ1n) is 18.8. The number of fused-ring (bicyclic) bond motifs is 3. The second-order valence-electron chi connectivity index (χ2n) is 13.0. The number of pyridine rings is 2.